The van der Waals surface area contributed by atoms with Gasteiger partial charge in [0.1, 0.15) is 17.7 Å². The Bertz CT molecular complexity index is 971. The SMILES string of the molecule is CCSN(C)c1ccc(CNc2nc(N3CCCN(C)CC3)c(CCN)c(CC)c2C#N)cc1. The monoisotopic (exact) mass is 481 g/mol. The van der Waals surface area contributed by atoms with Crippen molar-refractivity contribution in [2.24, 2.45) is 5.73 Å². The van der Waals surface area contributed by atoms with Crippen LogP contribution in [-0.2, 0) is 19.4 Å². The maximum atomic E-state index is 10.1. The van der Waals surface area contributed by atoms with E-state index in [1.54, 1.807) is 11.9 Å². The summed E-state index contributed by atoms with van der Waals surface area (Å²) in [5.74, 6) is 2.71. The Labute approximate surface area is 209 Å². The minimum Gasteiger partial charge on any atom is -0.365 e. The Balaban J connectivity index is 1.91. The molecule has 0 bridgehead atoms. The average Bonchev–Trinajstić information content (AvgIpc) is 3.07. The van der Waals surface area contributed by atoms with Crippen molar-refractivity contribution >= 4 is 29.3 Å². The summed E-state index contributed by atoms with van der Waals surface area (Å²) in [6, 6.07) is 11.0. The third kappa shape index (κ3) is 6.35. The van der Waals surface area contributed by atoms with E-state index in [1.807, 2.05) is 0 Å². The van der Waals surface area contributed by atoms with Crippen molar-refractivity contribution in [3.05, 3.63) is 46.5 Å². The molecule has 8 heteroatoms. The van der Waals surface area contributed by atoms with Gasteiger partial charge in [0.05, 0.1) is 5.56 Å². The first-order chi connectivity index (χ1) is 16.5. The maximum absolute atomic E-state index is 10.1. The van der Waals surface area contributed by atoms with E-state index < -0.39 is 0 Å². The van der Waals surface area contributed by atoms with Gasteiger partial charge in [-0.05, 0) is 62.7 Å². The van der Waals surface area contributed by atoms with Crippen molar-refractivity contribution in [3.8, 4) is 6.07 Å². The van der Waals surface area contributed by atoms with Crippen LogP contribution in [0.5, 0.6) is 0 Å². The van der Waals surface area contributed by atoms with Gasteiger partial charge >= 0.3 is 0 Å². The van der Waals surface area contributed by atoms with Crippen LogP contribution in [0.15, 0.2) is 24.3 Å². The number of hydrogen-bond donors (Lipinski definition) is 2. The smallest absolute Gasteiger partial charge is 0.146 e. The standard InChI is InChI=1S/C26H39N7S/c1-5-22-23(12-13-27)26(33-15-7-14-31(3)16-17-33)30-25(24(22)18-28)29-19-20-8-10-21(11-9-20)32(4)34-6-2/h8-11H,5-7,12-17,19,27H2,1-4H3,(H,29,30). The molecular weight excluding hydrogens is 442 g/mol. The van der Waals surface area contributed by atoms with Crippen LogP contribution in [-0.4, -0.2) is 62.5 Å². The number of anilines is 3. The Hall–Kier alpha value is -2.47. The fraction of sp³-hybridized carbons (Fsp3) is 0.538. The predicted molar refractivity (Wildman–Crippen MR) is 146 cm³/mol. The van der Waals surface area contributed by atoms with Crippen LogP contribution in [0.1, 0.15) is 42.5 Å². The summed E-state index contributed by atoms with van der Waals surface area (Å²) in [6.45, 7) is 9.43. The summed E-state index contributed by atoms with van der Waals surface area (Å²) in [6.07, 6.45) is 2.62. The van der Waals surface area contributed by atoms with Gasteiger partial charge in [0, 0.05) is 50.2 Å². The molecule has 1 aromatic heterocycles. The number of benzene rings is 1. The highest BCUT2D eigenvalue weighted by molar-refractivity contribution is 8.00. The van der Waals surface area contributed by atoms with E-state index in [4.69, 9.17) is 10.7 Å². The summed E-state index contributed by atoms with van der Waals surface area (Å²) < 4.78 is 2.18. The van der Waals surface area contributed by atoms with Crippen molar-refractivity contribution < 1.29 is 0 Å². The first kappa shape index (κ1) is 26.1. The first-order valence-electron chi connectivity index (χ1n) is 12.3. The van der Waals surface area contributed by atoms with Crippen LogP contribution in [0.25, 0.3) is 0 Å². The molecule has 0 spiro atoms. The highest BCUT2D eigenvalue weighted by Gasteiger charge is 2.23. The summed E-state index contributed by atoms with van der Waals surface area (Å²) in [5.41, 5.74) is 11.2. The van der Waals surface area contributed by atoms with Gasteiger partial charge in [-0.2, -0.15) is 5.26 Å². The van der Waals surface area contributed by atoms with E-state index in [-0.39, 0.29) is 0 Å². The van der Waals surface area contributed by atoms with Crippen LogP contribution in [0.2, 0.25) is 0 Å². The second-order valence-corrected chi connectivity index (χ2v) is 10.1. The van der Waals surface area contributed by atoms with E-state index in [2.05, 4.69) is 77.7 Å². The van der Waals surface area contributed by atoms with Crippen molar-refractivity contribution in [2.75, 3.05) is 67.1 Å². The van der Waals surface area contributed by atoms with Crippen molar-refractivity contribution in [1.82, 2.24) is 9.88 Å². The molecule has 1 fully saturated rings. The molecule has 3 N–H and O–H groups in total. The normalized spacial score (nSPS) is 14.5. The highest BCUT2D eigenvalue weighted by Crippen LogP contribution is 2.31. The third-order valence-electron chi connectivity index (χ3n) is 6.35. The molecular formula is C26H39N7S. The number of nitrogens with one attached hydrogen (secondary N) is 1. The minimum atomic E-state index is 0.546. The molecule has 0 atom stereocenters. The lowest BCUT2D eigenvalue weighted by atomic mass is 9.97. The molecule has 1 aromatic carbocycles. The van der Waals surface area contributed by atoms with Crippen LogP contribution in [0, 0.1) is 11.3 Å². The van der Waals surface area contributed by atoms with Crippen LogP contribution >= 0.6 is 11.9 Å². The Morgan fingerprint density at radius 2 is 1.91 bits per heavy atom. The number of hydrogen-bond acceptors (Lipinski definition) is 8. The van der Waals surface area contributed by atoms with Gasteiger partial charge < -0.3 is 25.2 Å². The van der Waals surface area contributed by atoms with Gasteiger partial charge in [0.25, 0.3) is 0 Å². The maximum Gasteiger partial charge on any atom is 0.146 e. The van der Waals surface area contributed by atoms with Crippen molar-refractivity contribution in [3.63, 3.8) is 0 Å². The number of rotatable bonds is 10. The van der Waals surface area contributed by atoms with Gasteiger partial charge in [0.15, 0.2) is 0 Å². The number of pyridine rings is 1. The highest BCUT2D eigenvalue weighted by atomic mass is 32.2. The van der Waals surface area contributed by atoms with Crippen molar-refractivity contribution in [1.29, 1.82) is 5.26 Å². The summed E-state index contributed by atoms with van der Waals surface area (Å²) in [4.78, 5) is 9.81. The predicted octanol–water partition coefficient (Wildman–Crippen LogP) is 3.88. The average molecular weight is 482 g/mol. The molecule has 7 nitrogen and oxygen atoms in total. The first-order valence-corrected chi connectivity index (χ1v) is 13.2. The molecule has 184 valence electrons. The molecule has 0 unspecified atom stereocenters. The zero-order chi connectivity index (χ0) is 24.5. The number of nitrogens with two attached hydrogens (primary N) is 1. The largest absolute Gasteiger partial charge is 0.365 e. The minimum absolute atomic E-state index is 0.546. The third-order valence-corrected chi connectivity index (χ3v) is 7.21. The van der Waals surface area contributed by atoms with Gasteiger partial charge in [-0.15, -0.1) is 0 Å². The molecule has 34 heavy (non-hydrogen) atoms. The quantitative estimate of drug-likeness (QED) is 0.495. The van der Waals surface area contributed by atoms with E-state index in [1.165, 1.54) is 5.69 Å². The van der Waals surface area contributed by atoms with E-state index in [0.717, 1.165) is 73.7 Å². The molecule has 1 aliphatic heterocycles. The molecule has 1 saturated heterocycles. The van der Waals surface area contributed by atoms with Crippen LogP contribution < -0.4 is 20.3 Å². The molecule has 0 amide bonds. The lowest BCUT2D eigenvalue weighted by molar-refractivity contribution is 0.360. The Kier molecular flexibility index (Phi) is 9.87. The lowest BCUT2D eigenvalue weighted by Gasteiger charge is -2.27. The van der Waals surface area contributed by atoms with Crippen LogP contribution in [0.4, 0.5) is 17.3 Å². The molecule has 0 radical (unpaired) electrons. The fourth-order valence-corrected chi connectivity index (χ4v) is 5.16. The Morgan fingerprint density at radius 1 is 1.15 bits per heavy atom. The van der Waals surface area contributed by atoms with E-state index >= 15 is 0 Å². The van der Waals surface area contributed by atoms with E-state index in [0.29, 0.717) is 24.5 Å². The molecule has 0 aliphatic carbocycles. The van der Waals surface area contributed by atoms with Gasteiger partial charge in [0.2, 0.25) is 0 Å². The lowest BCUT2D eigenvalue weighted by Crippen LogP contribution is -2.31. The molecule has 0 saturated carbocycles. The number of likely N-dealkylation sites (N-methyl/N-ethyl adjacent to an activating group) is 1. The van der Waals surface area contributed by atoms with Gasteiger partial charge in [-0.3, -0.25) is 0 Å². The summed E-state index contributed by atoms with van der Waals surface area (Å²) in [7, 11) is 4.26. The topological polar surface area (TPSA) is 84.4 Å². The molecule has 3 rings (SSSR count). The summed E-state index contributed by atoms with van der Waals surface area (Å²) in [5, 5.41) is 13.5. The second kappa shape index (κ2) is 12.8. The molecule has 1 aliphatic rings. The Morgan fingerprint density at radius 3 is 2.56 bits per heavy atom. The van der Waals surface area contributed by atoms with Gasteiger partial charge in [-0.25, -0.2) is 4.98 Å². The summed E-state index contributed by atoms with van der Waals surface area (Å²) >= 11 is 1.79. The second-order valence-electron chi connectivity index (χ2n) is 8.70. The van der Waals surface area contributed by atoms with Crippen molar-refractivity contribution in [2.45, 2.75) is 39.7 Å². The van der Waals surface area contributed by atoms with Crippen LogP contribution in [0.3, 0.4) is 0 Å². The fourth-order valence-electron chi connectivity index (χ4n) is 4.50. The molecule has 2 heterocycles. The van der Waals surface area contributed by atoms with Gasteiger partial charge in [-0.1, -0.05) is 37.9 Å². The number of aromatic nitrogens is 1. The molecule has 2 aromatic rings. The number of nitriles is 1. The zero-order valence-corrected chi connectivity index (χ0v) is 21.9. The zero-order valence-electron chi connectivity index (χ0n) is 21.1. The number of nitrogens with zero attached hydrogens (tertiary/aromatic N) is 5. The van der Waals surface area contributed by atoms with E-state index in [9.17, 15) is 5.26 Å².